The lowest BCUT2D eigenvalue weighted by Crippen LogP contribution is -2.34. The Hall–Kier alpha value is -1.67. The van der Waals surface area contributed by atoms with E-state index in [-0.39, 0.29) is 17.9 Å². The maximum atomic E-state index is 12.2. The third-order valence-corrected chi connectivity index (χ3v) is 4.64. The van der Waals surface area contributed by atoms with Gasteiger partial charge in [0.25, 0.3) is 5.91 Å². The van der Waals surface area contributed by atoms with Crippen LogP contribution < -0.4 is 10.0 Å². The molecule has 22 heavy (non-hydrogen) atoms. The smallest absolute Gasteiger partial charge is 0.254 e. The van der Waals surface area contributed by atoms with Gasteiger partial charge in [-0.25, -0.2) is 13.1 Å². The number of hydrogen-bond donors (Lipinski definition) is 2. The fourth-order valence-corrected chi connectivity index (χ4v) is 3.08. The van der Waals surface area contributed by atoms with Crippen molar-refractivity contribution in [3.05, 3.63) is 29.4 Å². The molecule has 7 nitrogen and oxygen atoms in total. The van der Waals surface area contributed by atoms with E-state index >= 15 is 0 Å². The Balaban J connectivity index is 2.07. The van der Waals surface area contributed by atoms with Crippen LogP contribution in [0.5, 0.6) is 0 Å². The van der Waals surface area contributed by atoms with E-state index in [0.717, 1.165) is 17.5 Å². The zero-order valence-electron chi connectivity index (χ0n) is 12.9. The van der Waals surface area contributed by atoms with Gasteiger partial charge in [0.2, 0.25) is 10.0 Å². The maximum Gasteiger partial charge on any atom is 0.254 e. The summed E-state index contributed by atoms with van der Waals surface area (Å²) in [5.74, 6) is 0.00750. The Morgan fingerprint density at radius 3 is 2.95 bits per heavy atom. The topological polar surface area (TPSA) is 93.1 Å². The number of carbonyl (C=O) groups is 1. The van der Waals surface area contributed by atoms with E-state index in [9.17, 15) is 13.2 Å². The number of amides is 1. The quantitative estimate of drug-likeness (QED) is 0.802. The van der Waals surface area contributed by atoms with Gasteiger partial charge >= 0.3 is 0 Å². The number of aromatic nitrogens is 2. The second-order valence-corrected chi connectivity index (χ2v) is 7.49. The first-order valence-electron chi connectivity index (χ1n) is 7.30. The molecule has 2 heterocycles. The summed E-state index contributed by atoms with van der Waals surface area (Å²) in [7, 11) is -3.41. The highest BCUT2D eigenvalue weighted by atomic mass is 32.2. The Kier molecular flexibility index (Phi) is 5.02. The van der Waals surface area contributed by atoms with Crippen molar-refractivity contribution in [2.45, 2.75) is 39.3 Å². The van der Waals surface area contributed by atoms with Crippen molar-refractivity contribution in [1.29, 1.82) is 0 Å². The summed E-state index contributed by atoms with van der Waals surface area (Å²) in [6.07, 6.45) is 3.03. The second-order valence-electron chi connectivity index (χ2n) is 5.78. The number of sulfonamides is 1. The fraction of sp³-hybridized carbons (Fsp3) is 0.571. The van der Waals surface area contributed by atoms with Crippen molar-refractivity contribution in [1.82, 2.24) is 19.8 Å². The fourth-order valence-electron chi connectivity index (χ4n) is 2.50. The first-order chi connectivity index (χ1) is 10.3. The van der Waals surface area contributed by atoms with Crippen LogP contribution in [0.4, 0.5) is 0 Å². The number of rotatable bonds is 6. The summed E-state index contributed by atoms with van der Waals surface area (Å²) in [6, 6.07) is 0.0573. The van der Waals surface area contributed by atoms with E-state index in [4.69, 9.17) is 0 Å². The minimum atomic E-state index is -3.41. The van der Waals surface area contributed by atoms with Crippen LogP contribution in [-0.2, 0) is 23.0 Å². The van der Waals surface area contributed by atoms with E-state index in [0.29, 0.717) is 25.1 Å². The van der Waals surface area contributed by atoms with Gasteiger partial charge in [0.1, 0.15) is 0 Å². The summed E-state index contributed by atoms with van der Waals surface area (Å²) in [5, 5.41) is 8.01. The van der Waals surface area contributed by atoms with Gasteiger partial charge in [0.15, 0.2) is 0 Å². The van der Waals surface area contributed by atoms with E-state index in [2.05, 4.69) is 21.7 Å². The molecule has 1 amide bonds. The van der Waals surface area contributed by atoms with Crippen molar-refractivity contribution in [2.24, 2.45) is 5.92 Å². The number of aryl methyl sites for hydroxylation is 1. The maximum absolute atomic E-state index is 12.2. The Morgan fingerprint density at radius 2 is 2.32 bits per heavy atom. The van der Waals surface area contributed by atoms with Crippen LogP contribution in [0.25, 0.3) is 0 Å². The number of nitrogens with one attached hydrogen (secondary N) is 2. The molecule has 0 fully saturated rings. The van der Waals surface area contributed by atoms with Crippen molar-refractivity contribution < 1.29 is 13.2 Å². The third-order valence-electron chi connectivity index (χ3n) is 3.64. The molecule has 1 aliphatic rings. The number of carbonyl (C=O) groups excluding carboxylic acids is 1. The minimum Gasteiger partial charge on any atom is -0.350 e. The van der Waals surface area contributed by atoms with Crippen molar-refractivity contribution in [3.63, 3.8) is 0 Å². The van der Waals surface area contributed by atoms with E-state index < -0.39 is 10.0 Å². The Labute approximate surface area is 130 Å². The summed E-state index contributed by atoms with van der Waals surface area (Å²) >= 11 is 0. The highest BCUT2D eigenvalue weighted by molar-refractivity contribution is 7.92. The zero-order valence-corrected chi connectivity index (χ0v) is 13.7. The summed E-state index contributed by atoms with van der Waals surface area (Å²) in [6.45, 7) is 8.10. The Morgan fingerprint density at radius 1 is 1.59 bits per heavy atom. The summed E-state index contributed by atoms with van der Waals surface area (Å²) in [4.78, 5) is 12.2. The molecule has 0 saturated heterocycles. The van der Waals surface area contributed by atoms with Crippen molar-refractivity contribution in [3.8, 4) is 0 Å². The monoisotopic (exact) mass is 326 g/mol. The van der Waals surface area contributed by atoms with Crippen LogP contribution in [-0.4, -0.2) is 36.7 Å². The van der Waals surface area contributed by atoms with E-state index in [1.807, 2.05) is 18.5 Å². The molecule has 8 heteroatoms. The lowest BCUT2D eigenvalue weighted by atomic mass is 9.94. The van der Waals surface area contributed by atoms with Crippen LogP contribution in [0, 0.1) is 5.92 Å². The molecule has 1 unspecified atom stereocenters. The molecule has 0 radical (unpaired) electrons. The van der Waals surface area contributed by atoms with Gasteiger partial charge in [0.05, 0.1) is 17.5 Å². The number of fused-ring (bicyclic) bond motifs is 1. The van der Waals surface area contributed by atoms with Gasteiger partial charge in [-0.3, -0.25) is 9.48 Å². The molecule has 0 spiro atoms. The standard InChI is InChI=1S/C14H22N4O3S/c1-4-22(20,21)16-8-11-5-6-18-13(7-11)12(9-15-18)14(19)17-10(2)3/h4,9-11,16H,1,5-8H2,2-3H3,(H,17,19). The van der Waals surface area contributed by atoms with E-state index in [1.54, 1.807) is 6.20 Å². The molecule has 0 bridgehead atoms. The van der Waals surface area contributed by atoms with Gasteiger partial charge in [-0.2, -0.15) is 5.10 Å². The largest absolute Gasteiger partial charge is 0.350 e. The average molecular weight is 326 g/mol. The molecule has 0 saturated carbocycles. The van der Waals surface area contributed by atoms with E-state index in [1.165, 1.54) is 0 Å². The van der Waals surface area contributed by atoms with Gasteiger partial charge in [-0.1, -0.05) is 6.58 Å². The van der Waals surface area contributed by atoms with Crippen LogP contribution in [0.1, 0.15) is 36.3 Å². The van der Waals surface area contributed by atoms with Gasteiger partial charge in [-0.05, 0) is 32.6 Å². The third kappa shape index (κ3) is 3.95. The molecule has 1 aromatic heterocycles. The van der Waals surface area contributed by atoms with Crippen LogP contribution in [0.15, 0.2) is 18.2 Å². The van der Waals surface area contributed by atoms with Crippen LogP contribution in [0.3, 0.4) is 0 Å². The minimum absolute atomic E-state index is 0.0573. The predicted octanol–water partition coefficient (Wildman–Crippen LogP) is 0.647. The van der Waals surface area contributed by atoms with Crippen molar-refractivity contribution in [2.75, 3.05) is 6.54 Å². The molecule has 1 aromatic rings. The molecular formula is C14H22N4O3S. The molecule has 0 aliphatic carbocycles. The SMILES string of the molecule is C=CS(=O)(=O)NCC1CCn2ncc(C(=O)NC(C)C)c2C1. The normalized spacial score (nSPS) is 18.0. The molecule has 1 atom stereocenters. The molecule has 122 valence electrons. The highest BCUT2D eigenvalue weighted by Crippen LogP contribution is 2.22. The van der Waals surface area contributed by atoms with Crippen LogP contribution >= 0.6 is 0 Å². The highest BCUT2D eigenvalue weighted by Gasteiger charge is 2.26. The number of nitrogens with zero attached hydrogens (tertiary/aromatic N) is 2. The van der Waals surface area contributed by atoms with Gasteiger partial charge in [0, 0.05) is 24.5 Å². The first-order valence-corrected chi connectivity index (χ1v) is 8.84. The van der Waals surface area contributed by atoms with Gasteiger partial charge < -0.3 is 5.32 Å². The lowest BCUT2D eigenvalue weighted by molar-refractivity contribution is 0.0941. The number of hydrogen-bond acceptors (Lipinski definition) is 4. The molecule has 0 aromatic carbocycles. The van der Waals surface area contributed by atoms with Gasteiger partial charge in [-0.15, -0.1) is 0 Å². The molecular weight excluding hydrogens is 304 g/mol. The first kappa shape index (κ1) is 16.7. The second kappa shape index (κ2) is 6.62. The molecule has 2 N–H and O–H groups in total. The summed E-state index contributed by atoms with van der Waals surface area (Å²) < 4.78 is 27.2. The lowest BCUT2D eigenvalue weighted by Gasteiger charge is -2.24. The molecule has 1 aliphatic heterocycles. The average Bonchev–Trinajstić information content (AvgIpc) is 2.87. The predicted molar refractivity (Wildman–Crippen MR) is 83.8 cm³/mol. The summed E-state index contributed by atoms with van der Waals surface area (Å²) in [5.41, 5.74) is 1.44. The van der Waals surface area contributed by atoms with Crippen LogP contribution in [0.2, 0.25) is 0 Å². The zero-order chi connectivity index (χ0) is 16.3. The van der Waals surface area contributed by atoms with Crippen molar-refractivity contribution >= 4 is 15.9 Å². The molecule has 2 rings (SSSR count). The Bertz CT molecular complexity index is 664.